The lowest BCUT2D eigenvalue weighted by Gasteiger charge is -2.33. The van der Waals surface area contributed by atoms with Crippen molar-refractivity contribution < 1.29 is 19.4 Å². The average molecular weight is 481 g/mol. The molecular formula is C25H24N2O4S2. The first-order valence-corrected chi connectivity index (χ1v) is 12.2. The second-order valence-corrected chi connectivity index (χ2v) is 10.2. The smallest absolute Gasteiger partial charge is 0.323 e. The minimum absolute atomic E-state index is 0.285. The van der Waals surface area contributed by atoms with Gasteiger partial charge in [0, 0.05) is 23.3 Å². The van der Waals surface area contributed by atoms with Crippen LogP contribution >= 0.6 is 24.0 Å². The van der Waals surface area contributed by atoms with Gasteiger partial charge in [-0.1, -0.05) is 42.9 Å². The maximum atomic E-state index is 12.7. The second kappa shape index (κ2) is 8.83. The van der Waals surface area contributed by atoms with Crippen LogP contribution in [0.1, 0.15) is 42.7 Å². The Balaban J connectivity index is 1.49. The summed E-state index contributed by atoms with van der Waals surface area (Å²) in [6.07, 6.45) is 6.56. The number of thiocarbonyl (C=S) groups is 1. The van der Waals surface area contributed by atoms with Crippen molar-refractivity contribution in [2.75, 3.05) is 18.6 Å². The number of methoxy groups -OCH3 is 1. The summed E-state index contributed by atoms with van der Waals surface area (Å²) in [6.45, 7) is -0.410. The highest BCUT2D eigenvalue weighted by Crippen LogP contribution is 2.51. The van der Waals surface area contributed by atoms with Crippen LogP contribution in [0.4, 0.5) is 11.4 Å². The number of fused-ring (bicyclic) bond motifs is 3. The number of hydrogen-bond donors (Lipinski definition) is 1. The fourth-order valence-electron chi connectivity index (χ4n) is 5.14. The molecule has 2 aliphatic heterocycles. The number of carboxylic acid groups (broad SMARTS) is 1. The van der Waals surface area contributed by atoms with E-state index >= 15 is 0 Å². The zero-order valence-corrected chi connectivity index (χ0v) is 19.8. The Kier molecular flexibility index (Phi) is 5.88. The lowest BCUT2D eigenvalue weighted by atomic mass is 9.82. The Morgan fingerprint density at radius 3 is 2.70 bits per heavy atom. The van der Waals surface area contributed by atoms with E-state index in [2.05, 4.69) is 29.2 Å². The van der Waals surface area contributed by atoms with Crippen LogP contribution in [0.15, 0.2) is 47.4 Å². The highest BCUT2D eigenvalue weighted by Gasteiger charge is 2.40. The van der Waals surface area contributed by atoms with Crippen molar-refractivity contribution in [1.29, 1.82) is 0 Å². The maximum Gasteiger partial charge on any atom is 0.323 e. The van der Waals surface area contributed by atoms with Crippen molar-refractivity contribution in [3.05, 3.63) is 58.5 Å². The highest BCUT2D eigenvalue weighted by atomic mass is 32.2. The van der Waals surface area contributed by atoms with Crippen LogP contribution in [0.2, 0.25) is 0 Å². The summed E-state index contributed by atoms with van der Waals surface area (Å²) in [4.78, 5) is 27.8. The number of rotatable bonds is 5. The number of anilines is 2. The molecule has 8 heteroatoms. The van der Waals surface area contributed by atoms with Crippen molar-refractivity contribution in [2.45, 2.75) is 37.6 Å². The van der Waals surface area contributed by atoms with E-state index in [1.807, 2.05) is 24.3 Å². The van der Waals surface area contributed by atoms with Crippen LogP contribution in [0.25, 0.3) is 6.08 Å². The van der Waals surface area contributed by atoms with E-state index in [1.54, 1.807) is 7.11 Å². The Bertz CT molecular complexity index is 1160. The second-order valence-electron chi connectivity index (χ2n) is 8.51. The zero-order valence-electron chi connectivity index (χ0n) is 18.2. The van der Waals surface area contributed by atoms with Gasteiger partial charge < -0.3 is 14.7 Å². The molecule has 2 unspecified atom stereocenters. The molecule has 2 fully saturated rings. The van der Waals surface area contributed by atoms with Gasteiger partial charge in [-0.15, -0.1) is 0 Å². The van der Waals surface area contributed by atoms with Gasteiger partial charge in [-0.25, -0.2) is 0 Å². The number of carbonyl (C=O) groups excluding carboxylic acids is 1. The molecule has 2 heterocycles. The summed E-state index contributed by atoms with van der Waals surface area (Å²) in [6, 6.07) is 15.0. The number of thioether (sulfide) groups is 1. The van der Waals surface area contributed by atoms with E-state index in [4.69, 9.17) is 22.1 Å². The molecule has 33 heavy (non-hydrogen) atoms. The minimum Gasteiger partial charge on any atom is -0.497 e. The number of amides is 1. The monoisotopic (exact) mass is 480 g/mol. The summed E-state index contributed by atoms with van der Waals surface area (Å²) < 4.78 is 5.62. The summed E-state index contributed by atoms with van der Waals surface area (Å²) in [7, 11) is 1.67. The van der Waals surface area contributed by atoms with E-state index in [1.165, 1.54) is 24.1 Å². The number of carbonyl (C=O) groups is 2. The van der Waals surface area contributed by atoms with Gasteiger partial charge in [-0.2, -0.15) is 0 Å². The number of hydrogen-bond acceptors (Lipinski definition) is 6. The van der Waals surface area contributed by atoms with Crippen LogP contribution < -0.4 is 9.64 Å². The predicted octanol–water partition coefficient (Wildman–Crippen LogP) is 5.16. The Morgan fingerprint density at radius 1 is 1.21 bits per heavy atom. The number of nitrogens with zero attached hydrogens (tertiary/aromatic N) is 2. The normalized spacial score (nSPS) is 23.1. The molecule has 1 N–H and O–H groups in total. The first kappa shape index (κ1) is 22.0. The van der Waals surface area contributed by atoms with Crippen molar-refractivity contribution in [3.63, 3.8) is 0 Å². The average Bonchev–Trinajstić information content (AvgIpc) is 3.28. The third-order valence-electron chi connectivity index (χ3n) is 6.59. The van der Waals surface area contributed by atoms with Gasteiger partial charge in [-0.05, 0) is 66.4 Å². The topological polar surface area (TPSA) is 70.1 Å². The minimum atomic E-state index is -1.08. The zero-order chi connectivity index (χ0) is 23.1. The van der Waals surface area contributed by atoms with E-state index in [0.717, 1.165) is 46.5 Å². The molecule has 1 amide bonds. The molecule has 0 radical (unpaired) electrons. The molecule has 1 aliphatic carbocycles. The molecule has 2 aromatic carbocycles. The highest BCUT2D eigenvalue weighted by molar-refractivity contribution is 8.26. The van der Waals surface area contributed by atoms with Crippen molar-refractivity contribution in [3.8, 4) is 5.75 Å². The standard InChI is InChI=1S/C25H24N2O4S2/c1-31-17-9-7-16(8-10-17)27-20-5-3-2-4-18(20)19-12-15(6-11-21(19)27)13-22-24(30)26(14-23(28)29)25(32)33-22/h6-13,18,20H,2-5,14H2,1H3,(H,28,29)/b22-13-. The Labute approximate surface area is 202 Å². The number of carboxylic acids is 1. The van der Waals surface area contributed by atoms with Gasteiger partial charge in [0.15, 0.2) is 0 Å². The Morgan fingerprint density at radius 2 is 1.97 bits per heavy atom. The molecule has 170 valence electrons. The van der Waals surface area contributed by atoms with Crippen LogP contribution in [-0.4, -0.2) is 45.9 Å². The van der Waals surface area contributed by atoms with Crippen molar-refractivity contribution >= 4 is 57.6 Å². The fraction of sp³-hybridized carbons (Fsp3) is 0.320. The third kappa shape index (κ3) is 4.02. The van der Waals surface area contributed by atoms with Crippen molar-refractivity contribution in [1.82, 2.24) is 4.90 Å². The lowest BCUT2D eigenvalue weighted by Crippen LogP contribution is -2.33. The maximum absolute atomic E-state index is 12.7. The molecule has 6 nitrogen and oxygen atoms in total. The molecular weight excluding hydrogens is 456 g/mol. The number of ether oxygens (including phenoxy) is 1. The van der Waals surface area contributed by atoms with E-state index in [9.17, 15) is 9.59 Å². The van der Waals surface area contributed by atoms with Gasteiger partial charge >= 0.3 is 5.97 Å². The SMILES string of the molecule is COc1ccc(N2c3ccc(/C=C4\SC(=S)N(CC(=O)O)C4=O)cc3C3CCCCC32)cc1. The summed E-state index contributed by atoms with van der Waals surface area (Å²) in [5.74, 6) is -0.130. The first-order valence-electron chi connectivity index (χ1n) is 11.0. The fourth-order valence-corrected chi connectivity index (χ4v) is 6.39. The van der Waals surface area contributed by atoms with Gasteiger partial charge in [0.05, 0.1) is 12.0 Å². The first-order chi connectivity index (χ1) is 16.0. The molecule has 2 aromatic rings. The summed E-state index contributed by atoms with van der Waals surface area (Å²) in [5.41, 5.74) is 4.62. The summed E-state index contributed by atoms with van der Waals surface area (Å²) >= 11 is 6.38. The van der Waals surface area contributed by atoms with Gasteiger partial charge in [0.1, 0.15) is 16.6 Å². The van der Waals surface area contributed by atoms with E-state index in [-0.39, 0.29) is 10.2 Å². The predicted molar refractivity (Wildman–Crippen MR) is 134 cm³/mol. The van der Waals surface area contributed by atoms with Crippen LogP contribution in [-0.2, 0) is 9.59 Å². The largest absolute Gasteiger partial charge is 0.497 e. The lowest BCUT2D eigenvalue weighted by molar-refractivity contribution is -0.140. The molecule has 0 spiro atoms. The molecule has 5 rings (SSSR count). The third-order valence-corrected chi connectivity index (χ3v) is 7.96. The molecule has 0 bridgehead atoms. The van der Waals surface area contributed by atoms with E-state index in [0.29, 0.717) is 16.9 Å². The number of aliphatic carboxylic acids is 1. The van der Waals surface area contributed by atoms with Crippen molar-refractivity contribution in [2.24, 2.45) is 0 Å². The van der Waals surface area contributed by atoms with Gasteiger partial charge in [0.2, 0.25) is 0 Å². The van der Waals surface area contributed by atoms with Gasteiger partial charge in [0.25, 0.3) is 5.91 Å². The molecule has 2 atom stereocenters. The summed E-state index contributed by atoms with van der Waals surface area (Å²) in [5, 5.41) is 9.06. The molecule has 0 aromatic heterocycles. The molecule has 1 saturated heterocycles. The quantitative estimate of drug-likeness (QED) is 0.468. The molecule has 3 aliphatic rings. The molecule has 1 saturated carbocycles. The van der Waals surface area contributed by atoms with Crippen LogP contribution in [0.5, 0.6) is 5.75 Å². The van der Waals surface area contributed by atoms with Crippen LogP contribution in [0.3, 0.4) is 0 Å². The van der Waals surface area contributed by atoms with Crippen LogP contribution in [0, 0.1) is 0 Å². The number of benzene rings is 2. The van der Waals surface area contributed by atoms with E-state index < -0.39 is 12.5 Å². The Hall–Kier alpha value is -2.84. The van der Waals surface area contributed by atoms with Gasteiger partial charge in [-0.3, -0.25) is 14.5 Å².